The lowest BCUT2D eigenvalue weighted by Crippen LogP contribution is -2.37. The maximum absolute atomic E-state index is 12.3. The summed E-state index contributed by atoms with van der Waals surface area (Å²) in [6.07, 6.45) is 0.696. The molecule has 1 amide bonds. The molecule has 0 unspecified atom stereocenters. The SMILES string of the molecule is COC(=O)C(Oc1ccccc1)=C1CCN(C(=O)OCc2ccccc2)CC1. The molecule has 1 heterocycles. The molecule has 2 aromatic carbocycles. The number of amides is 1. The van der Waals surface area contributed by atoms with Crippen LogP contribution < -0.4 is 4.74 Å². The number of para-hydroxylation sites is 1. The first-order valence-corrected chi connectivity index (χ1v) is 9.16. The monoisotopic (exact) mass is 381 g/mol. The summed E-state index contributed by atoms with van der Waals surface area (Å²) in [5.41, 5.74) is 1.78. The largest absolute Gasteiger partial charge is 0.463 e. The highest BCUT2D eigenvalue weighted by atomic mass is 16.6. The lowest BCUT2D eigenvalue weighted by atomic mass is 10.0. The van der Waals surface area contributed by atoms with Crippen LogP contribution in [0.15, 0.2) is 72.0 Å². The molecule has 1 aliphatic heterocycles. The Kier molecular flexibility index (Phi) is 6.68. The number of methoxy groups -OCH3 is 1. The minimum Gasteiger partial charge on any atom is -0.463 e. The van der Waals surface area contributed by atoms with Gasteiger partial charge >= 0.3 is 12.1 Å². The second kappa shape index (κ2) is 9.60. The summed E-state index contributed by atoms with van der Waals surface area (Å²) < 4.78 is 16.0. The molecule has 2 aromatic rings. The van der Waals surface area contributed by atoms with Crippen LogP contribution in [0.4, 0.5) is 4.79 Å². The Morgan fingerprint density at radius 2 is 1.54 bits per heavy atom. The van der Waals surface area contributed by atoms with Crippen molar-refractivity contribution < 1.29 is 23.8 Å². The van der Waals surface area contributed by atoms with Crippen molar-refractivity contribution in [2.24, 2.45) is 0 Å². The number of piperidine rings is 1. The summed E-state index contributed by atoms with van der Waals surface area (Å²) in [5.74, 6) is 0.255. The molecule has 0 aliphatic carbocycles. The fraction of sp³-hybridized carbons (Fsp3) is 0.273. The smallest absolute Gasteiger partial charge is 0.410 e. The van der Waals surface area contributed by atoms with E-state index in [0.29, 0.717) is 31.7 Å². The van der Waals surface area contributed by atoms with Gasteiger partial charge in [-0.1, -0.05) is 48.5 Å². The van der Waals surface area contributed by atoms with Crippen molar-refractivity contribution >= 4 is 12.1 Å². The van der Waals surface area contributed by atoms with Crippen LogP contribution in [0.3, 0.4) is 0 Å². The zero-order chi connectivity index (χ0) is 19.8. The molecule has 0 saturated carbocycles. The maximum atomic E-state index is 12.3. The molecule has 0 bridgehead atoms. The normalized spacial score (nSPS) is 13.6. The van der Waals surface area contributed by atoms with Crippen LogP contribution in [-0.2, 0) is 20.9 Å². The Bertz CT molecular complexity index is 823. The Labute approximate surface area is 164 Å². The van der Waals surface area contributed by atoms with E-state index in [1.807, 2.05) is 48.5 Å². The van der Waals surface area contributed by atoms with Gasteiger partial charge in [-0.25, -0.2) is 9.59 Å². The van der Waals surface area contributed by atoms with Gasteiger partial charge in [-0.15, -0.1) is 0 Å². The number of carbonyl (C=O) groups is 2. The average Bonchev–Trinajstić information content (AvgIpc) is 2.77. The van der Waals surface area contributed by atoms with Crippen LogP contribution in [0.25, 0.3) is 0 Å². The van der Waals surface area contributed by atoms with Gasteiger partial charge in [0.05, 0.1) is 7.11 Å². The number of hydrogen-bond donors (Lipinski definition) is 0. The van der Waals surface area contributed by atoms with E-state index < -0.39 is 5.97 Å². The van der Waals surface area contributed by atoms with Gasteiger partial charge in [-0.3, -0.25) is 0 Å². The summed E-state index contributed by atoms with van der Waals surface area (Å²) in [7, 11) is 1.33. The van der Waals surface area contributed by atoms with Crippen LogP contribution in [0.1, 0.15) is 18.4 Å². The number of carbonyl (C=O) groups excluding carboxylic acids is 2. The van der Waals surface area contributed by atoms with Crippen LogP contribution in [0.2, 0.25) is 0 Å². The quantitative estimate of drug-likeness (QED) is 0.446. The van der Waals surface area contributed by atoms with E-state index in [1.54, 1.807) is 17.0 Å². The first-order valence-electron chi connectivity index (χ1n) is 9.16. The minimum atomic E-state index is -0.515. The second-order valence-corrected chi connectivity index (χ2v) is 6.37. The number of rotatable bonds is 5. The van der Waals surface area contributed by atoms with Crippen molar-refractivity contribution in [2.75, 3.05) is 20.2 Å². The van der Waals surface area contributed by atoms with E-state index in [0.717, 1.165) is 11.1 Å². The standard InChI is InChI=1S/C22H23NO5/c1-26-21(24)20(28-19-10-6-3-7-11-19)18-12-14-23(15-13-18)22(25)27-16-17-8-4-2-5-9-17/h2-11H,12-16H2,1H3. The van der Waals surface area contributed by atoms with Gasteiger partial charge in [0.15, 0.2) is 0 Å². The first-order chi connectivity index (χ1) is 13.7. The molecule has 6 nitrogen and oxygen atoms in total. The molecule has 28 heavy (non-hydrogen) atoms. The van der Waals surface area contributed by atoms with Crippen molar-refractivity contribution in [1.82, 2.24) is 4.90 Å². The third-order valence-electron chi connectivity index (χ3n) is 4.49. The average molecular weight is 381 g/mol. The molecule has 1 aliphatic rings. The van der Waals surface area contributed by atoms with E-state index in [1.165, 1.54) is 7.11 Å². The molecule has 3 rings (SSSR count). The molecule has 1 saturated heterocycles. The highest BCUT2D eigenvalue weighted by molar-refractivity contribution is 5.87. The number of likely N-dealkylation sites (tertiary alicyclic amines) is 1. The molecule has 146 valence electrons. The maximum Gasteiger partial charge on any atom is 0.410 e. The highest BCUT2D eigenvalue weighted by Gasteiger charge is 2.26. The predicted octanol–water partition coefficient (Wildman–Crippen LogP) is 3.93. The predicted molar refractivity (Wildman–Crippen MR) is 104 cm³/mol. The Hall–Kier alpha value is -3.28. The molecule has 0 aromatic heterocycles. The van der Waals surface area contributed by atoms with Crippen molar-refractivity contribution in [2.45, 2.75) is 19.4 Å². The number of esters is 1. The van der Waals surface area contributed by atoms with Crippen molar-refractivity contribution in [3.05, 3.63) is 77.6 Å². The molecule has 0 atom stereocenters. The third-order valence-corrected chi connectivity index (χ3v) is 4.49. The summed E-state index contributed by atoms with van der Waals surface area (Å²) in [5, 5.41) is 0. The van der Waals surface area contributed by atoms with Crippen LogP contribution in [0.5, 0.6) is 5.75 Å². The van der Waals surface area contributed by atoms with Gasteiger partial charge in [-0.2, -0.15) is 0 Å². The Morgan fingerprint density at radius 1 is 0.929 bits per heavy atom. The third kappa shape index (κ3) is 5.13. The molecule has 0 radical (unpaired) electrons. The van der Waals surface area contributed by atoms with E-state index in [2.05, 4.69) is 0 Å². The van der Waals surface area contributed by atoms with Gasteiger partial charge in [0.2, 0.25) is 5.76 Å². The minimum absolute atomic E-state index is 0.200. The molecule has 0 spiro atoms. The van der Waals surface area contributed by atoms with Crippen molar-refractivity contribution in [3.63, 3.8) is 0 Å². The number of hydrogen-bond acceptors (Lipinski definition) is 5. The fourth-order valence-corrected chi connectivity index (χ4v) is 2.95. The van der Waals surface area contributed by atoms with Crippen LogP contribution in [-0.4, -0.2) is 37.2 Å². The zero-order valence-electron chi connectivity index (χ0n) is 15.8. The number of benzene rings is 2. The zero-order valence-corrected chi connectivity index (χ0v) is 15.8. The van der Waals surface area contributed by atoms with Crippen molar-refractivity contribution in [3.8, 4) is 5.75 Å². The lowest BCUT2D eigenvalue weighted by Gasteiger charge is -2.28. The summed E-state index contributed by atoms with van der Waals surface area (Å²) >= 11 is 0. The fourth-order valence-electron chi connectivity index (χ4n) is 2.95. The second-order valence-electron chi connectivity index (χ2n) is 6.37. The van der Waals surface area contributed by atoms with E-state index in [4.69, 9.17) is 14.2 Å². The van der Waals surface area contributed by atoms with Gasteiger partial charge in [0.1, 0.15) is 12.4 Å². The summed E-state index contributed by atoms with van der Waals surface area (Å²) in [4.78, 5) is 26.1. The van der Waals surface area contributed by atoms with Gasteiger partial charge in [0, 0.05) is 13.1 Å². The first kappa shape index (κ1) is 19.5. The topological polar surface area (TPSA) is 65.1 Å². The van der Waals surface area contributed by atoms with Crippen LogP contribution >= 0.6 is 0 Å². The van der Waals surface area contributed by atoms with E-state index >= 15 is 0 Å². The molecule has 6 heteroatoms. The van der Waals surface area contributed by atoms with Crippen LogP contribution in [0, 0.1) is 0 Å². The summed E-state index contributed by atoms with van der Waals surface area (Å²) in [6, 6.07) is 18.6. The van der Waals surface area contributed by atoms with Crippen molar-refractivity contribution in [1.29, 1.82) is 0 Å². The number of nitrogens with zero attached hydrogens (tertiary/aromatic N) is 1. The highest BCUT2D eigenvalue weighted by Crippen LogP contribution is 2.24. The van der Waals surface area contributed by atoms with Gasteiger partial charge in [0.25, 0.3) is 0 Å². The molecular weight excluding hydrogens is 358 g/mol. The molecule has 1 fully saturated rings. The lowest BCUT2D eigenvalue weighted by molar-refractivity contribution is -0.138. The Morgan fingerprint density at radius 3 is 2.14 bits per heavy atom. The van der Waals surface area contributed by atoms with Gasteiger partial charge in [-0.05, 0) is 36.1 Å². The number of ether oxygens (including phenoxy) is 3. The van der Waals surface area contributed by atoms with E-state index in [9.17, 15) is 9.59 Å². The molecule has 0 N–H and O–H groups in total. The van der Waals surface area contributed by atoms with E-state index in [-0.39, 0.29) is 18.5 Å². The molecular formula is C22H23NO5. The Balaban J connectivity index is 1.60. The van der Waals surface area contributed by atoms with Gasteiger partial charge < -0.3 is 19.1 Å². The summed E-state index contributed by atoms with van der Waals surface area (Å²) in [6.45, 7) is 1.16.